The molecule has 0 aliphatic heterocycles. The van der Waals surface area contributed by atoms with Gasteiger partial charge in [0.2, 0.25) is 0 Å². The minimum absolute atomic E-state index is 0.0528. The summed E-state index contributed by atoms with van der Waals surface area (Å²) in [6, 6.07) is 7.85. The summed E-state index contributed by atoms with van der Waals surface area (Å²) in [6.45, 7) is 0. The number of amides is 3. The molecule has 32 heavy (non-hydrogen) atoms. The van der Waals surface area contributed by atoms with Crippen LogP contribution in [0.4, 0.5) is 10.5 Å². The number of benzene rings is 1. The lowest BCUT2D eigenvalue weighted by molar-refractivity contribution is 0.0921. The zero-order valence-corrected chi connectivity index (χ0v) is 21.5. The molecule has 0 unspecified atom stereocenters. The molecular formula is C18H12Br3ClN6O4. The molecule has 0 fully saturated rings. The zero-order chi connectivity index (χ0) is 23.4. The molecule has 2 aromatic heterocycles. The quantitative estimate of drug-likeness (QED) is 0.358. The Morgan fingerprint density at radius 3 is 2.53 bits per heavy atom. The van der Waals surface area contributed by atoms with Crippen LogP contribution in [0.5, 0.6) is 0 Å². The van der Waals surface area contributed by atoms with E-state index >= 15 is 0 Å². The first kappa shape index (κ1) is 24.2. The van der Waals surface area contributed by atoms with Crippen molar-refractivity contribution in [3.05, 3.63) is 66.4 Å². The fourth-order valence-electron chi connectivity index (χ4n) is 2.49. The second kappa shape index (κ2) is 10.4. The molecule has 10 nitrogen and oxygen atoms in total. The van der Waals surface area contributed by atoms with Gasteiger partial charge >= 0.3 is 6.09 Å². The number of carbonyl (C=O) groups is 3. The Bertz CT molecular complexity index is 1220. The van der Waals surface area contributed by atoms with Crippen LogP contribution >= 0.6 is 59.4 Å². The fraction of sp³-hybridized carbons (Fsp3) is 0.0556. The molecule has 3 aromatic rings. The normalized spacial score (nSPS) is 10.4. The van der Waals surface area contributed by atoms with Crippen molar-refractivity contribution in [2.24, 2.45) is 0 Å². The third kappa shape index (κ3) is 5.46. The molecule has 14 heteroatoms. The van der Waals surface area contributed by atoms with Crippen molar-refractivity contribution in [1.82, 2.24) is 25.6 Å². The summed E-state index contributed by atoms with van der Waals surface area (Å²) in [5, 5.41) is 7.19. The topological polar surface area (TPSA) is 127 Å². The first-order valence-electron chi connectivity index (χ1n) is 8.52. The lowest BCUT2D eigenvalue weighted by Crippen LogP contribution is -2.41. The maximum Gasteiger partial charge on any atom is 0.425 e. The number of hydrogen-bond acceptors (Lipinski definition) is 6. The van der Waals surface area contributed by atoms with Crippen LogP contribution in [-0.2, 0) is 4.74 Å². The number of ether oxygens (including phenoxy) is 1. The van der Waals surface area contributed by atoms with Gasteiger partial charge in [-0.25, -0.2) is 19.9 Å². The van der Waals surface area contributed by atoms with Crippen LogP contribution in [0.15, 0.2) is 50.1 Å². The molecule has 0 atom stereocenters. The molecule has 2 heterocycles. The largest absolute Gasteiger partial charge is 0.452 e. The number of nitrogens with one attached hydrogen (secondary N) is 3. The molecule has 0 radical (unpaired) electrons. The Balaban J connectivity index is 1.96. The number of anilines is 1. The van der Waals surface area contributed by atoms with Crippen molar-refractivity contribution in [2.75, 3.05) is 12.4 Å². The number of methoxy groups -OCH3 is 1. The second-order valence-corrected chi connectivity index (χ2v) is 8.90. The summed E-state index contributed by atoms with van der Waals surface area (Å²) >= 11 is 16.1. The van der Waals surface area contributed by atoms with Crippen LogP contribution in [0, 0.1) is 0 Å². The lowest BCUT2D eigenvalue weighted by Gasteiger charge is -2.15. The molecule has 0 bridgehead atoms. The maximum absolute atomic E-state index is 13.1. The van der Waals surface area contributed by atoms with E-state index in [1.54, 1.807) is 18.2 Å². The van der Waals surface area contributed by atoms with E-state index in [-0.39, 0.29) is 27.8 Å². The highest BCUT2D eigenvalue weighted by Gasteiger charge is 2.23. The van der Waals surface area contributed by atoms with Gasteiger partial charge in [0.15, 0.2) is 5.82 Å². The van der Waals surface area contributed by atoms with Gasteiger partial charge in [-0.2, -0.15) is 5.10 Å². The van der Waals surface area contributed by atoms with Crippen molar-refractivity contribution in [2.45, 2.75) is 0 Å². The summed E-state index contributed by atoms with van der Waals surface area (Å²) in [7, 11) is 1.15. The van der Waals surface area contributed by atoms with Gasteiger partial charge in [-0.15, -0.1) is 0 Å². The van der Waals surface area contributed by atoms with Crippen molar-refractivity contribution in [1.29, 1.82) is 0 Å². The fourth-order valence-corrected chi connectivity index (χ4v) is 4.39. The summed E-state index contributed by atoms with van der Waals surface area (Å²) in [5.41, 5.74) is 4.58. The number of pyridine rings is 1. The van der Waals surface area contributed by atoms with Gasteiger partial charge in [-0.3, -0.25) is 15.0 Å². The van der Waals surface area contributed by atoms with Gasteiger partial charge in [0.25, 0.3) is 11.8 Å². The summed E-state index contributed by atoms with van der Waals surface area (Å²) in [5.74, 6) is -1.04. The summed E-state index contributed by atoms with van der Waals surface area (Å²) in [6.07, 6.45) is 0.652. The van der Waals surface area contributed by atoms with Gasteiger partial charge in [-0.05, 0) is 56.1 Å². The van der Waals surface area contributed by atoms with Crippen LogP contribution in [0.3, 0.4) is 0 Å². The predicted molar refractivity (Wildman–Crippen MR) is 127 cm³/mol. The van der Waals surface area contributed by atoms with E-state index in [1.807, 2.05) is 0 Å². The monoisotopic (exact) mass is 648 g/mol. The third-order valence-corrected chi connectivity index (χ3v) is 5.62. The predicted octanol–water partition coefficient (Wildman–Crippen LogP) is 4.46. The van der Waals surface area contributed by atoms with Crippen molar-refractivity contribution in [3.63, 3.8) is 0 Å². The molecule has 3 rings (SSSR count). The number of carbonyl (C=O) groups excluding carboxylic acids is 3. The van der Waals surface area contributed by atoms with Crippen LogP contribution in [0.25, 0.3) is 5.82 Å². The highest BCUT2D eigenvalue weighted by atomic mass is 79.9. The molecule has 3 N–H and O–H groups in total. The molecule has 0 saturated carbocycles. The smallest absolute Gasteiger partial charge is 0.425 e. The Labute approximate surface area is 211 Å². The van der Waals surface area contributed by atoms with E-state index in [0.29, 0.717) is 13.5 Å². The average molecular weight is 651 g/mol. The molecule has 1 aromatic carbocycles. The molecule has 0 aliphatic carbocycles. The van der Waals surface area contributed by atoms with E-state index in [1.165, 1.54) is 23.0 Å². The van der Waals surface area contributed by atoms with Crippen LogP contribution in [0.1, 0.15) is 20.8 Å². The zero-order valence-electron chi connectivity index (χ0n) is 16.0. The molecular weight excluding hydrogens is 639 g/mol. The van der Waals surface area contributed by atoms with Crippen LogP contribution < -0.4 is 16.2 Å². The Hall–Kier alpha value is -2.48. The van der Waals surface area contributed by atoms with E-state index in [4.69, 9.17) is 11.6 Å². The Morgan fingerprint density at radius 2 is 1.84 bits per heavy atom. The van der Waals surface area contributed by atoms with E-state index in [0.717, 1.165) is 7.11 Å². The molecule has 166 valence electrons. The van der Waals surface area contributed by atoms with Crippen molar-refractivity contribution >= 4 is 83.0 Å². The average Bonchev–Trinajstić information content (AvgIpc) is 3.15. The van der Waals surface area contributed by atoms with E-state index in [9.17, 15) is 14.4 Å². The number of halogens is 4. The van der Waals surface area contributed by atoms with Crippen molar-refractivity contribution in [3.8, 4) is 5.82 Å². The molecule has 0 aliphatic rings. The van der Waals surface area contributed by atoms with Gasteiger partial charge in [0.05, 0.1) is 23.4 Å². The van der Waals surface area contributed by atoms with Crippen LogP contribution in [0.2, 0.25) is 5.02 Å². The SMILES string of the molecule is COC(=O)NNC(=O)c1cc(Br)cc(Br)c1NC(=O)c1cc(Br)nn1-c1ncccc1Cl. The standard InChI is InChI=1S/C18H12Br3ClN6O4/c1-32-18(31)26-25-16(29)9-5-8(19)6-10(20)14(9)24-17(30)12-7-13(21)27-28(12)15-11(22)3-2-4-23-15/h2-7H,1H3,(H,24,30)(H,25,29)(H,26,31). The van der Waals surface area contributed by atoms with E-state index < -0.39 is 17.9 Å². The second-order valence-electron chi connectivity index (χ2n) is 5.91. The number of aromatic nitrogens is 3. The first-order chi connectivity index (χ1) is 15.2. The lowest BCUT2D eigenvalue weighted by atomic mass is 10.1. The number of nitrogens with zero attached hydrogens (tertiary/aromatic N) is 3. The highest BCUT2D eigenvalue weighted by Crippen LogP contribution is 2.32. The number of hydrogen-bond donors (Lipinski definition) is 3. The minimum Gasteiger partial charge on any atom is -0.452 e. The van der Waals surface area contributed by atoms with Gasteiger partial charge in [-0.1, -0.05) is 27.5 Å². The van der Waals surface area contributed by atoms with Gasteiger partial charge < -0.3 is 10.1 Å². The Morgan fingerprint density at radius 1 is 1.09 bits per heavy atom. The van der Waals surface area contributed by atoms with Gasteiger partial charge in [0, 0.05) is 21.2 Å². The molecule has 0 saturated heterocycles. The Kier molecular flexibility index (Phi) is 7.87. The number of hydrazine groups is 1. The third-order valence-electron chi connectivity index (χ3n) is 3.85. The first-order valence-corrected chi connectivity index (χ1v) is 11.3. The minimum atomic E-state index is -0.862. The summed E-state index contributed by atoms with van der Waals surface area (Å²) in [4.78, 5) is 41.2. The van der Waals surface area contributed by atoms with E-state index in [2.05, 4.69) is 78.8 Å². The van der Waals surface area contributed by atoms with Gasteiger partial charge in [0.1, 0.15) is 10.3 Å². The molecule has 0 spiro atoms. The maximum atomic E-state index is 13.1. The number of rotatable bonds is 4. The van der Waals surface area contributed by atoms with Crippen LogP contribution in [-0.4, -0.2) is 39.8 Å². The highest BCUT2D eigenvalue weighted by molar-refractivity contribution is 9.11. The molecule has 3 amide bonds. The van der Waals surface area contributed by atoms with Crippen molar-refractivity contribution < 1.29 is 19.1 Å². The summed E-state index contributed by atoms with van der Waals surface area (Å²) < 4.78 is 7.03.